The highest BCUT2D eigenvalue weighted by atomic mass is 35.5. The molecule has 202 valence electrons. The normalized spacial score (nSPS) is 14.4. The van der Waals surface area contributed by atoms with E-state index in [0.717, 1.165) is 16.7 Å². The van der Waals surface area contributed by atoms with Gasteiger partial charge in [0.05, 0.1) is 26.0 Å². The monoisotopic (exact) mass is 555 g/mol. The zero-order chi connectivity index (χ0) is 27.8. The first-order valence-electron chi connectivity index (χ1n) is 12.7. The van der Waals surface area contributed by atoms with Gasteiger partial charge in [0, 0.05) is 16.1 Å². The number of nitrogens with one attached hydrogen (secondary N) is 1. The first kappa shape index (κ1) is 25.6. The van der Waals surface area contributed by atoms with Gasteiger partial charge in [0.2, 0.25) is 0 Å². The second kappa shape index (κ2) is 10.5. The minimum atomic E-state index is -0.557. The molecule has 1 aliphatic rings. The Hall–Kier alpha value is -4.69. The van der Waals surface area contributed by atoms with E-state index in [2.05, 4.69) is 10.2 Å². The lowest BCUT2D eigenvalue weighted by atomic mass is 9.95. The van der Waals surface area contributed by atoms with Crippen molar-refractivity contribution in [3.05, 3.63) is 118 Å². The molecule has 0 aliphatic carbocycles. The van der Waals surface area contributed by atoms with Crippen LogP contribution in [0, 0.1) is 6.92 Å². The molecular formula is C31H26ClN3O5. The predicted octanol–water partition coefficient (Wildman–Crippen LogP) is 6.67. The summed E-state index contributed by atoms with van der Waals surface area (Å²) < 4.78 is 17.4. The summed E-state index contributed by atoms with van der Waals surface area (Å²) in [4.78, 5) is 15.4. The summed E-state index contributed by atoms with van der Waals surface area (Å²) >= 11 is 6.42. The van der Waals surface area contributed by atoms with Crippen LogP contribution in [0.5, 0.6) is 17.2 Å². The van der Waals surface area contributed by atoms with Crippen molar-refractivity contribution >= 4 is 17.5 Å². The molecule has 1 unspecified atom stereocenters. The number of phenolic OH excluding ortho intramolecular Hbond substituents is 1. The number of aromatic nitrogens is 2. The zero-order valence-electron chi connectivity index (χ0n) is 21.8. The zero-order valence-corrected chi connectivity index (χ0v) is 22.6. The van der Waals surface area contributed by atoms with Crippen LogP contribution < -0.4 is 9.47 Å². The molecule has 2 N–H and O–H groups in total. The van der Waals surface area contributed by atoms with Crippen LogP contribution in [0.15, 0.2) is 83.5 Å². The van der Waals surface area contributed by atoms with Crippen LogP contribution in [0.2, 0.25) is 5.02 Å². The van der Waals surface area contributed by atoms with Crippen molar-refractivity contribution < 1.29 is 23.8 Å². The molecule has 0 radical (unpaired) electrons. The fourth-order valence-corrected chi connectivity index (χ4v) is 5.21. The van der Waals surface area contributed by atoms with Crippen LogP contribution in [0.3, 0.4) is 0 Å². The van der Waals surface area contributed by atoms with E-state index in [0.29, 0.717) is 51.4 Å². The number of phenols is 1. The number of aryl methyl sites for hydroxylation is 1. The fraction of sp³-hybridized carbons (Fsp3) is 0.161. The highest BCUT2D eigenvalue weighted by Gasteiger charge is 2.43. The Kier molecular flexibility index (Phi) is 6.69. The van der Waals surface area contributed by atoms with Crippen molar-refractivity contribution in [1.29, 1.82) is 0 Å². The Morgan fingerprint density at radius 1 is 1.07 bits per heavy atom. The number of rotatable bonds is 8. The second-order valence-corrected chi connectivity index (χ2v) is 9.99. The number of aromatic amines is 1. The van der Waals surface area contributed by atoms with Crippen molar-refractivity contribution in [2.45, 2.75) is 26.1 Å². The third-order valence-electron chi connectivity index (χ3n) is 7.04. The van der Waals surface area contributed by atoms with Crippen LogP contribution in [-0.4, -0.2) is 33.2 Å². The largest absolute Gasteiger partial charge is 0.507 e. The van der Waals surface area contributed by atoms with Gasteiger partial charge in [-0.25, -0.2) is 0 Å². The third-order valence-corrected chi connectivity index (χ3v) is 7.45. The van der Waals surface area contributed by atoms with Gasteiger partial charge >= 0.3 is 0 Å². The Balaban J connectivity index is 1.44. The van der Waals surface area contributed by atoms with E-state index in [1.54, 1.807) is 36.5 Å². The number of carbonyl (C=O) groups excluding carboxylic acids is 1. The highest BCUT2D eigenvalue weighted by Crippen LogP contribution is 2.47. The molecule has 3 aromatic carbocycles. The summed E-state index contributed by atoms with van der Waals surface area (Å²) in [5.74, 6) is 1.52. The molecule has 40 heavy (non-hydrogen) atoms. The number of hydrogen-bond donors (Lipinski definition) is 2. The first-order valence-corrected chi connectivity index (χ1v) is 13.1. The van der Waals surface area contributed by atoms with E-state index in [4.69, 9.17) is 25.5 Å². The van der Waals surface area contributed by atoms with Gasteiger partial charge in [0.15, 0.2) is 11.5 Å². The maximum Gasteiger partial charge on any atom is 0.273 e. The van der Waals surface area contributed by atoms with E-state index >= 15 is 0 Å². The lowest BCUT2D eigenvalue weighted by molar-refractivity contribution is 0.0716. The molecule has 0 spiro atoms. The van der Waals surface area contributed by atoms with Gasteiger partial charge in [-0.1, -0.05) is 48.0 Å². The summed E-state index contributed by atoms with van der Waals surface area (Å²) in [5, 5.41) is 18.7. The minimum Gasteiger partial charge on any atom is -0.507 e. The molecule has 1 atom stereocenters. The molecule has 8 nitrogen and oxygen atoms in total. The van der Waals surface area contributed by atoms with Gasteiger partial charge < -0.3 is 23.9 Å². The molecule has 0 saturated carbocycles. The van der Waals surface area contributed by atoms with Gasteiger partial charge in [-0.2, -0.15) is 5.10 Å². The van der Waals surface area contributed by atoms with Crippen LogP contribution in [-0.2, 0) is 13.2 Å². The number of carbonyl (C=O) groups is 1. The van der Waals surface area contributed by atoms with Crippen molar-refractivity contribution in [3.63, 3.8) is 0 Å². The van der Waals surface area contributed by atoms with E-state index in [9.17, 15) is 9.90 Å². The van der Waals surface area contributed by atoms with Crippen molar-refractivity contribution in [3.8, 4) is 28.5 Å². The summed E-state index contributed by atoms with van der Waals surface area (Å²) in [6.45, 7) is 2.42. The molecule has 0 bridgehead atoms. The number of H-pyrrole nitrogens is 1. The lowest BCUT2D eigenvalue weighted by Crippen LogP contribution is -2.29. The van der Waals surface area contributed by atoms with Crippen molar-refractivity contribution in [2.24, 2.45) is 0 Å². The van der Waals surface area contributed by atoms with Gasteiger partial charge in [-0.05, 0) is 60.0 Å². The second-order valence-electron chi connectivity index (χ2n) is 9.58. The Bertz CT molecular complexity index is 1680. The van der Waals surface area contributed by atoms with Crippen LogP contribution in [0.1, 0.15) is 44.5 Å². The summed E-state index contributed by atoms with van der Waals surface area (Å²) in [7, 11) is 1.58. The molecule has 2 aromatic heterocycles. The van der Waals surface area contributed by atoms with E-state index in [1.807, 2.05) is 61.5 Å². The summed E-state index contributed by atoms with van der Waals surface area (Å²) in [5.41, 5.74) is 4.39. The molecule has 5 aromatic rings. The summed E-state index contributed by atoms with van der Waals surface area (Å²) in [6, 6.07) is 21.8. The maximum absolute atomic E-state index is 13.7. The number of fused-ring (bicyclic) bond motifs is 1. The van der Waals surface area contributed by atoms with Crippen LogP contribution in [0.25, 0.3) is 11.3 Å². The number of nitrogens with zero attached hydrogens (tertiary/aromatic N) is 2. The molecule has 0 saturated heterocycles. The number of aromatic hydroxyl groups is 1. The average Bonchev–Trinajstić information content (AvgIpc) is 3.69. The quantitative estimate of drug-likeness (QED) is 0.222. The molecule has 6 rings (SSSR count). The van der Waals surface area contributed by atoms with Crippen LogP contribution in [0.4, 0.5) is 0 Å². The number of benzene rings is 3. The van der Waals surface area contributed by atoms with Gasteiger partial charge in [0.1, 0.15) is 29.5 Å². The minimum absolute atomic E-state index is 0.0223. The SMILES string of the molecule is COc1cc(C2c3c(-c4cc(Cl)c(C)cc4O)n[nH]c3C(=O)N2Cc2ccco2)ccc1OCc1ccccc1. The Morgan fingerprint density at radius 2 is 1.90 bits per heavy atom. The average molecular weight is 556 g/mol. The maximum atomic E-state index is 13.7. The number of hydrogen-bond acceptors (Lipinski definition) is 6. The van der Waals surface area contributed by atoms with Gasteiger partial charge in [-0.3, -0.25) is 9.89 Å². The van der Waals surface area contributed by atoms with E-state index in [1.165, 1.54) is 0 Å². The Morgan fingerprint density at radius 3 is 2.65 bits per heavy atom. The van der Waals surface area contributed by atoms with Crippen molar-refractivity contribution in [2.75, 3.05) is 7.11 Å². The fourth-order valence-electron chi connectivity index (χ4n) is 5.05. The third kappa shape index (κ3) is 4.56. The molecule has 3 heterocycles. The van der Waals surface area contributed by atoms with Crippen molar-refractivity contribution in [1.82, 2.24) is 15.1 Å². The topological polar surface area (TPSA) is 101 Å². The smallest absolute Gasteiger partial charge is 0.273 e. The molecule has 9 heteroatoms. The van der Waals surface area contributed by atoms with Crippen LogP contribution >= 0.6 is 11.6 Å². The number of methoxy groups -OCH3 is 1. The summed E-state index contributed by atoms with van der Waals surface area (Å²) in [6.07, 6.45) is 1.57. The predicted molar refractivity (Wildman–Crippen MR) is 150 cm³/mol. The molecule has 1 amide bonds. The van der Waals surface area contributed by atoms with E-state index in [-0.39, 0.29) is 18.2 Å². The Labute approximate surface area is 235 Å². The molecular weight excluding hydrogens is 530 g/mol. The van der Waals surface area contributed by atoms with Gasteiger partial charge in [0.25, 0.3) is 5.91 Å². The standard InChI is InChI=1S/C31H26ClN3O5/c1-18-13-24(36)22(15-23(18)32)28-27-29(34-33-28)31(37)35(16-21-9-6-12-39-21)30(27)20-10-11-25(26(14-20)38-2)40-17-19-7-4-3-5-8-19/h3-15,30,36H,16-17H2,1-2H3,(H,33,34). The van der Waals surface area contributed by atoms with E-state index < -0.39 is 6.04 Å². The number of halogens is 1. The molecule has 1 aliphatic heterocycles. The number of ether oxygens (including phenoxy) is 2. The highest BCUT2D eigenvalue weighted by molar-refractivity contribution is 6.31. The number of amides is 1. The van der Waals surface area contributed by atoms with Gasteiger partial charge in [-0.15, -0.1) is 0 Å². The lowest BCUT2D eigenvalue weighted by Gasteiger charge is -2.26. The first-order chi connectivity index (χ1) is 19.4. The number of furan rings is 1. The molecule has 0 fully saturated rings.